The third-order valence-electron chi connectivity index (χ3n) is 3.56. The quantitative estimate of drug-likeness (QED) is 0.703. The van der Waals surface area contributed by atoms with Crippen LogP contribution in [-0.2, 0) is 10.0 Å². The van der Waals surface area contributed by atoms with Gasteiger partial charge in [0.05, 0.1) is 17.5 Å². The Hall–Kier alpha value is -0.170. The summed E-state index contributed by atoms with van der Waals surface area (Å²) in [4.78, 5) is 0. The van der Waals surface area contributed by atoms with E-state index in [0.717, 1.165) is 19.3 Å². The maximum Gasteiger partial charge on any atom is 0.217 e. The molecule has 0 amide bonds. The first kappa shape index (κ1) is 12.3. The number of rotatable bonds is 2. The first-order valence-electron chi connectivity index (χ1n) is 5.87. The van der Waals surface area contributed by atoms with Gasteiger partial charge in [0.15, 0.2) is 0 Å². The predicted octanol–water partition coefficient (Wildman–Crippen LogP) is -0.314. The van der Waals surface area contributed by atoms with Gasteiger partial charge in [-0.25, -0.2) is 8.42 Å². The van der Waals surface area contributed by atoms with Crippen molar-refractivity contribution in [3.8, 4) is 0 Å². The van der Waals surface area contributed by atoms with Gasteiger partial charge in [-0.2, -0.15) is 4.31 Å². The van der Waals surface area contributed by atoms with Crippen molar-refractivity contribution in [2.24, 2.45) is 0 Å². The van der Waals surface area contributed by atoms with E-state index in [1.165, 1.54) is 4.31 Å². The van der Waals surface area contributed by atoms with Crippen LogP contribution in [0.1, 0.15) is 32.1 Å². The Kier molecular flexibility index (Phi) is 3.53. The Morgan fingerprint density at radius 1 is 0.938 bits per heavy atom. The molecule has 0 aromatic heterocycles. The Morgan fingerprint density at radius 2 is 1.44 bits per heavy atom. The fraction of sp³-hybridized carbons (Fsp3) is 1.00. The molecule has 94 valence electrons. The lowest BCUT2D eigenvalue weighted by Gasteiger charge is -2.26. The van der Waals surface area contributed by atoms with Crippen molar-refractivity contribution in [1.29, 1.82) is 0 Å². The van der Waals surface area contributed by atoms with Crippen LogP contribution in [-0.4, -0.2) is 53.5 Å². The number of sulfonamides is 1. The van der Waals surface area contributed by atoms with E-state index in [0.29, 0.717) is 12.8 Å². The molecule has 0 radical (unpaired) electrons. The van der Waals surface area contributed by atoms with Gasteiger partial charge in [0, 0.05) is 13.1 Å². The third kappa shape index (κ3) is 2.25. The molecule has 1 heterocycles. The molecule has 16 heavy (non-hydrogen) atoms. The highest BCUT2D eigenvalue weighted by molar-refractivity contribution is 7.89. The van der Waals surface area contributed by atoms with Crippen molar-refractivity contribution in [2.45, 2.75) is 49.6 Å². The zero-order valence-electron chi connectivity index (χ0n) is 9.25. The minimum atomic E-state index is -3.31. The predicted molar refractivity (Wildman–Crippen MR) is 59.4 cm³/mol. The van der Waals surface area contributed by atoms with Crippen molar-refractivity contribution < 1.29 is 18.6 Å². The lowest BCUT2D eigenvalue weighted by Crippen LogP contribution is -2.39. The van der Waals surface area contributed by atoms with Gasteiger partial charge < -0.3 is 10.2 Å². The Bertz CT molecular complexity index is 327. The van der Waals surface area contributed by atoms with Gasteiger partial charge >= 0.3 is 0 Å². The van der Waals surface area contributed by atoms with Crippen molar-refractivity contribution in [1.82, 2.24) is 4.31 Å². The average Bonchev–Trinajstić information content (AvgIpc) is 2.61. The largest absolute Gasteiger partial charge is 0.389 e. The number of hydrogen-bond acceptors (Lipinski definition) is 4. The van der Waals surface area contributed by atoms with Gasteiger partial charge in [-0.1, -0.05) is 19.3 Å². The second-order valence-electron chi connectivity index (χ2n) is 4.76. The summed E-state index contributed by atoms with van der Waals surface area (Å²) < 4.78 is 25.6. The van der Waals surface area contributed by atoms with Gasteiger partial charge in [0.1, 0.15) is 0 Å². The number of aliphatic hydroxyl groups excluding tert-OH is 2. The molecule has 0 aromatic rings. The Balaban J connectivity index is 2.07. The minimum Gasteiger partial charge on any atom is -0.389 e. The molecule has 2 unspecified atom stereocenters. The fourth-order valence-corrected chi connectivity index (χ4v) is 4.59. The number of aliphatic hydroxyl groups is 2. The maximum absolute atomic E-state index is 12.2. The van der Waals surface area contributed by atoms with E-state index in [1.54, 1.807) is 0 Å². The smallest absolute Gasteiger partial charge is 0.217 e. The van der Waals surface area contributed by atoms with Crippen LogP contribution in [0, 0.1) is 0 Å². The third-order valence-corrected chi connectivity index (χ3v) is 5.89. The summed E-state index contributed by atoms with van der Waals surface area (Å²) in [6.07, 6.45) is 2.59. The molecular formula is C10H19NO4S. The molecule has 1 saturated heterocycles. The summed E-state index contributed by atoms with van der Waals surface area (Å²) in [6, 6.07) is 0. The molecule has 1 aliphatic carbocycles. The van der Waals surface area contributed by atoms with E-state index < -0.39 is 22.2 Å². The Morgan fingerprint density at radius 3 is 1.94 bits per heavy atom. The summed E-state index contributed by atoms with van der Waals surface area (Å²) >= 11 is 0. The summed E-state index contributed by atoms with van der Waals surface area (Å²) in [5.41, 5.74) is 0. The molecule has 2 aliphatic rings. The lowest BCUT2D eigenvalue weighted by molar-refractivity contribution is 0.0572. The van der Waals surface area contributed by atoms with Crippen LogP contribution in [0.5, 0.6) is 0 Å². The second-order valence-corrected chi connectivity index (χ2v) is 6.97. The van der Waals surface area contributed by atoms with E-state index in [1.807, 2.05) is 0 Å². The van der Waals surface area contributed by atoms with E-state index in [2.05, 4.69) is 0 Å². The monoisotopic (exact) mass is 249 g/mol. The molecular weight excluding hydrogens is 230 g/mol. The average molecular weight is 249 g/mol. The standard InChI is InChI=1S/C10H19NO4S/c12-9-6-11(7-10(9)13)16(14,15)8-4-2-1-3-5-8/h8-10,12-13H,1-7H2. The van der Waals surface area contributed by atoms with Crippen molar-refractivity contribution in [2.75, 3.05) is 13.1 Å². The van der Waals surface area contributed by atoms with Crippen LogP contribution >= 0.6 is 0 Å². The number of β-amino-alcohol motifs (C(OH)–C–C–N with tert-alkyl or cyclic N) is 2. The van der Waals surface area contributed by atoms with Gasteiger partial charge in [0.2, 0.25) is 10.0 Å². The number of nitrogens with zero attached hydrogens (tertiary/aromatic N) is 1. The normalized spacial score (nSPS) is 34.4. The first-order valence-corrected chi connectivity index (χ1v) is 7.37. The zero-order valence-corrected chi connectivity index (χ0v) is 10.1. The van der Waals surface area contributed by atoms with E-state index >= 15 is 0 Å². The second kappa shape index (κ2) is 4.60. The molecule has 1 saturated carbocycles. The summed E-state index contributed by atoms with van der Waals surface area (Å²) in [6.45, 7) is 0.0833. The molecule has 0 spiro atoms. The molecule has 0 bridgehead atoms. The molecule has 2 rings (SSSR count). The van der Waals surface area contributed by atoms with Crippen molar-refractivity contribution in [3.63, 3.8) is 0 Å². The lowest BCUT2D eigenvalue weighted by atomic mass is 10.0. The van der Waals surface area contributed by atoms with Crippen LogP contribution in [0.2, 0.25) is 0 Å². The highest BCUT2D eigenvalue weighted by atomic mass is 32.2. The topological polar surface area (TPSA) is 77.8 Å². The van der Waals surface area contributed by atoms with Crippen molar-refractivity contribution in [3.05, 3.63) is 0 Å². The molecule has 1 aliphatic heterocycles. The van der Waals surface area contributed by atoms with Crippen LogP contribution in [0.3, 0.4) is 0 Å². The highest BCUT2D eigenvalue weighted by Crippen LogP contribution is 2.28. The van der Waals surface area contributed by atoms with E-state index in [-0.39, 0.29) is 18.3 Å². The molecule has 2 N–H and O–H groups in total. The molecule has 6 heteroatoms. The minimum absolute atomic E-state index is 0.0417. The van der Waals surface area contributed by atoms with Gasteiger partial charge in [-0.15, -0.1) is 0 Å². The van der Waals surface area contributed by atoms with Crippen LogP contribution in [0.25, 0.3) is 0 Å². The van der Waals surface area contributed by atoms with Gasteiger partial charge in [-0.05, 0) is 12.8 Å². The fourth-order valence-electron chi connectivity index (χ4n) is 2.52. The summed E-state index contributed by atoms with van der Waals surface area (Å²) in [7, 11) is -3.31. The van der Waals surface area contributed by atoms with E-state index in [9.17, 15) is 18.6 Å². The maximum atomic E-state index is 12.2. The zero-order chi connectivity index (χ0) is 11.8. The van der Waals surface area contributed by atoms with Crippen LogP contribution in [0.4, 0.5) is 0 Å². The molecule has 0 aromatic carbocycles. The molecule has 2 atom stereocenters. The Labute approximate surface area is 96.1 Å². The summed E-state index contributed by atoms with van der Waals surface area (Å²) in [5, 5.41) is 18.4. The van der Waals surface area contributed by atoms with Gasteiger partial charge in [-0.3, -0.25) is 0 Å². The van der Waals surface area contributed by atoms with Crippen LogP contribution in [0.15, 0.2) is 0 Å². The number of hydrogen-bond donors (Lipinski definition) is 2. The highest BCUT2D eigenvalue weighted by Gasteiger charge is 2.40. The van der Waals surface area contributed by atoms with Crippen molar-refractivity contribution >= 4 is 10.0 Å². The van der Waals surface area contributed by atoms with E-state index in [4.69, 9.17) is 0 Å². The molecule has 2 fully saturated rings. The SMILES string of the molecule is O=S(=O)(C1CCCCC1)N1CC(O)C(O)C1. The molecule has 5 nitrogen and oxygen atoms in total. The summed E-state index contributed by atoms with van der Waals surface area (Å²) in [5.74, 6) is 0. The van der Waals surface area contributed by atoms with Crippen LogP contribution < -0.4 is 0 Å². The first-order chi connectivity index (χ1) is 7.51. The van der Waals surface area contributed by atoms with Gasteiger partial charge in [0.25, 0.3) is 0 Å².